The Hall–Kier alpha value is -2.04. The van der Waals surface area contributed by atoms with Crippen molar-refractivity contribution >= 4 is 11.9 Å². The van der Waals surface area contributed by atoms with Crippen molar-refractivity contribution in [3.05, 3.63) is 35.9 Å². The highest BCUT2D eigenvalue weighted by Crippen LogP contribution is 2.17. The van der Waals surface area contributed by atoms with E-state index in [-0.39, 0.29) is 0 Å². The molecular weight excluding hydrogens is 312 g/mol. The van der Waals surface area contributed by atoms with Crippen LogP contribution in [0.2, 0.25) is 0 Å². The summed E-state index contributed by atoms with van der Waals surface area (Å²) in [6.07, 6.45) is 3.68. The third-order valence-corrected chi connectivity index (χ3v) is 4.96. The van der Waals surface area contributed by atoms with E-state index in [1.807, 2.05) is 6.07 Å². The number of nitrogens with one attached hydrogen (secondary N) is 2. The summed E-state index contributed by atoms with van der Waals surface area (Å²) in [5.74, 6) is 1.56. The van der Waals surface area contributed by atoms with Crippen molar-refractivity contribution in [2.75, 3.05) is 26.7 Å². The van der Waals surface area contributed by atoms with E-state index >= 15 is 0 Å². The van der Waals surface area contributed by atoms with Crippen LogP contribution in [0, 0.1) is 0 Å². The highest BCUT2D eigenvalue weighted by molar-refractivity contribution is 5.80. The third kappa shape index (κ3) is 5.76. The summed E-state index contributed by atoms with van der Waals surface area (Å²) >= 11 is 0. The SMILES string of the molecule is CCC(CCNC(=NC)NCC(C)c1ccccc1)N1CCCC1=O. The summed E-state index contributed by atoms with van der Waals surface area (Å²) < 4.78 is 0. The fourth-order valence-electron chi connectivity index (χ4n) is 3.36. The van der Waals surface area contributed by atoms with Crippen LogP contribution in [-0.2, 0) is 4.79 Å². The van der Waals surface area contributed by atoms with E-state index in [0.29, 0.717) is 24.3 Å². The average Bonchev–Trinajstić information content (AvgIpc) is 3.07. The number of amides is 1. The Balaban J connectivity index is 1.73. The quantitative estimate of drug-likeness (QED) is 0.563. The number of nitrogens with zero attached hydrogens (tertiary/aromatic N) is 2. The maximum atomic E-state index is 11.9. The number of rotatable bonds is 8. The summed E-state index contributed by atoms with van der Waals surface area (Å²) in [4.78, 5) is 18.3. The number of likely N-dealkylation sites (tertiary alicyclic amines) is 1. The van der Waals surface area contributed by atoms with Crippen molar-refractivity contribution in [2.24, 2.45) is 4.99 Å². The monoisotopic (exact) mass is 344 g/mol. The molecule has 1 heterocycles. The van der Waals surface area contributed by atoms with Crippen LogP contribution >= 0.6 is 0 Å². The van der Waals surface area contributed by atoms with Gasteiger partial charge in [-0.1, -0.05) is 44.2 Å². The summed E-state index contributed by atoms with van der Waals surface area (Å²) in [6, 6.07) is 10.8. The summed E-state index contributed by atoms with van der Waals surface area (Å²) in [6.45, 7) is 6.94. The minimum atomic E-state index is 0.311. The van der Waals surface area contributed by atoms with Gasteiger partial charge in [-0.05, 0) is 30.7 Å². The number of aliphatic imine (C=N–C) groups is 1. The lowest BCUT2D eigenvalue weighted by atomic mass is 10.0. The van der Waals surface area contributed by atoms with E-state index in [1.165, 1.54) is 5.56 Å². The average molecular weight is 345 g/mol. The van der Waals surface area contributed by atoms with Gasteiger partial charge in [0.25, 0.3) is 0 Å². The molecule has 1 aromatic carbocycles. The molecule has 2 unspecified atom stereocenters. The standard InChI is InChI=1S/C20H32N4O/c1-4-18(24-14-8-11-19(24)25)12-13-22-20(21-3)23-15-16(2)17-9-6-5-7-10-17/h5-7,9-10,16,18H,4,8,11-15H2,1-3H3,(H2,21,22,23). The van der Waals surface area contributed by atoms with E-state index in [0.717, 1.165) is 44.9 Å². The minimum Gasteiger partial charge on any atom is -0.356 e. The number of benzene rings is 1. The van der Waals surface area contributed by atoms with Gasteiger partial charge in [0, 0.05) is 39.1 Å². The zero-order valence-electron chi connectivity index (χ0n) is 15.8. The molecule has 1 aliphatic rings. The maximum absolute atomic E-state index is 11.9. The summed E-state index contributed by atoms with van der Waals surface area (Å²) in [5, 5.41) is 6.78. The lowest BCUT2D eigenvalue weighted by Gasteiger charge is -2.27. The zero-order valence-corrected chi connectivity index (χ0v) is 15.8. The Morgan fingerprint density at radius 2 is 2.04 bits per heavy atom. The van der Waals surface area contributed by atoms with Crippen molar-refractivity contribution in [2.45, 2.75) is 51.5 Å². The van der Waals surface area contributed by atoms with Gasteiger partial charge in [-0.2, -0.15) is 0 Å². The molecule has 1 aromatic rings. The molecular formula is C20H32N4O. The molecule has 2 N–H and O–H groups in total. The highest BCUT2D eigenvalue weighted by atomic mass is 16.2. The lowest BCUT2D eigenvalue weighted by Crippen LogP contribution is -2.42. The molecule has 1 saturated heterocycles. The van der Waals surface area contributed by atoms with Crippen LogP contribution in [0.15, 0.2) is 35.3 Å². The Bertz CT molecular complexity index is 558. The van der Waals surface area contributed by atoms with E-state index in [1.54, 1.807) is 7.05 Å². The van der Waals surface area contributed by atoms with Crippen LogP contribution in [0.25, 0.3) is 0 Å². The van der Waals surface area contributed by atoms with Crippen molar-refractivity contribution in [3.63, 3.8) is 0 Å². The van der Waals surface area contributed by atoms with E-state index in [4.69, 9.17) is 0 Å². The number of hydrogen-bond donors (Lipinski definition) is 2. The minimum absolute atomic E-state index is 0.311. The Morgan fingerprint density at radius 1 is 1.28 bits per heavy atom. The highest BCUT2D eigenvalue weighted by Gasteiger charge is 2.26. The first-order valence-electron chi connectivity index (χ1n) is 9.44. The molecule has 25 heavy (non-hydrogen) atoms. The second-order valence-electron chi connectivity index (χ2n) is 6.73. The van der Waals surface area contributed by atoms with Crippen LogP contribution in [0.3, 0.4) is 0 Å². The molecule has 2 rings (SSSR count). The molecule has 5 heteroatoms. The van der Waals surface area contributed by atoms with E-state index < -0.39 is 0 Å². The molecule has 0 bridgehead atoms. The fourth-order valence-corrected chi connectivity index (χ4v) is 3.36. The number of hydrogen-bond acceptors (Lipinski definition) is 2. The van der Waals surface area contributed by atoms with Crippen LogP contribution in [-0.4, -0.2) is 49.5 Å². The lowest BCUT2D eigenvalue weighted by molar-refractivity contribution is -0.129. The molecule has 0 radical (unpaired) electrons. The number of guanidine groups is 1. The first-order chi connectivity index (χ1) is 12.2. The van der Waals surface area contributed by atoms with Gasteiger partial charge in [0.1, 0.15) is 0 Å². The molecule has 0 aromatic heterocycles. The van der Waals surface area contributed by atoms with Crippen LogP contribution in [0.5, 0.6) is 0 Å². The molecule has 5 nitrogen and oxygen atoms in total. The Kier molecular flexibility index (Phi) is 7.76. The van der Waals surface area contributed by atoms with Gasteiger partial charge in [-0.15, -0.1) is 0 Å². The van der Waals surface area contributed by atoms with Crippen LogP contribution in [0.4, 0.5) is 0 Å². The van der Waals surface area contributed by atoms with Crippen molar-refractivity contribution in [1.29, 1.82) is 0 Å². The van der Waals surface area contributed by atoms with E-state index in [9.17, 15) is 4.79 Å². The number of carbonyl (C=O) groups excluding carboxylic acids is 1. The van der Waals surface area contributed by atoms with Crippen LogP contribution in [0.1, 0.15) is 51.0 Å². The van der Waals surface area contributed by atoms with Gasteiger partial charge in [-0.3, -0.25) is 9.79 Å². The first-order valence-corrected chi connectivity index (χ1v) is 9.44. The van der Waals surface area contributed by atoms with Gasteiger partial charge in [0.05, 0.1) is 0 Å². The third-order valence-electron chi connectivity index (χ3n) is 4.96. The predicted molar refractivity (Wildman–Crippen MR) is 104 cm³/mol. The summed E-state index contributed by atoms with van der Waals surface area (Å²) in [5.41, 5.74) is 1.32. The predicted octanol–water partition coefficient (Wildman–Crippen LogP) is 2.75. The molecule has 1 fully saturated rings. The largest absolute Gasteiger partial charge is 0.356 e. The van der Waals surface area contributed by atoms with Crippen LogP contribution < -0.4 is 10.6 Å². The van der Waals surface area contributed by atoms with Gasteiger partial charge >= 0.3 is 0 Å². The summed E-state index contributed by atoms with van der Waals surface area (Å²) in [7, 11) is 1.80. The van der Waals surface area contributed by atoms with Gasteiger partial charge in [0.15, 0.2) is 5.96 Å². The molecule has 1 amide bonds. The second kappa shape index (κ2) is 10.1. The maximum Gasteiger partial charge on any atom is 0.222 e. The Labute approximate surface area is 151 Å². The van der Waals surface area contributed by atoms with Crippen molar-refractivity contribution in [3.8, 4) is 0 Å². The molecule has 0 saturated carbocycles. The first kappa shape index (κ1) is 19.3. The Morgan fingerprint density at radius 3 is 2.64 bits per heavy atom. The zero-order chi connectivity index (χ0) is 18.1. The smallest absolute Gasteiger partial charge is 0.222 e. The van der Waals surface area contributed by atoms with E-state index in [2.05, 4.69) is 58.6 Å². The topological polar surface area (TPSA) is 56.7 Å². The fraction of sp³-hybridized carbons (Fsp3) is 0.600. The molecule has 0 aliphatic carbocycles. The van der Waals surface area contributed by atoms with Gasteiger partial charge in [-0.25, -0.2) is 0 Å². The normalized spacial score (nSPS) is 17.5. The number of carbonyl (C=O) groups is 1. The van der Waals surface area contributed by atoms with Gasteiger partial charge in [0.2, 0.25) is 5.91 Å². The molecule has 1 aliphatic heterocycles. The van der Waals surface area contributed by atoms with Gasteiger partial charge < -0.3 is 15.5 Å². The molecule has 138 valence electrons. The second-order valence-corrected chi connectivity index (χ2v) is 6.73. The van der Waals surface area contributed by atoms with Crippen molar-refractivity contribution < 1.29 is 4.79 Å². The molecule has 2 atom stereocenters. The molecule has 0 spiro atoms. The van der Waals surface area contributed by atoms with Crippen molar-refractivity contribution in [1.82, 2.24) is 15.5 Å².